The second-order valence-electron chi connectivity index (χ2n) is 6.69. The molecule has 29 heavy (non-hydrogen) atoms. The second-order valence-corrected chi connectivity index (χ2v) is 7.08. The van der Waals surface area contributed by atoms with Crippen molar-refractivity contribution in [2.45, 2.75) is 25.2 Å². The zero-order valence-electron chi connectivity index (χ0n) is 15.4. The molecule has 1 saturated heterocycles. The van der Waals surface area contributed by atoms with Crippen LogP contribution in [0.15, 0.2) is 24.5 Å². The Kier molecular flexibility index (Phi) is 5.27. The van der Waals surface area contributed by atoms with Crippen LogP contribution in [0.2, 0.25) is 5.15 Å². The molecule has 1 atom stereocenters. The van der Waals surface area contributed by atoms with E-state index in [1.54, 1.807) is 4.90 Å². The summed E-state index contributed by atoms with van der Waals surface area (Å²) in [5, 5.41) is 4.26. The lowest BCUT2D eigenvalue weighted by molar-refractivity contribution is 0.0704. The number of piperidine rings is 1. The van der Waals surface area contributed by atoms with E-state index < -0.39 is 6.43 Å². The number of carbonyl (C=O) groups excluding carboxylic acids is 1. The van der Waals surface area contributed by atoms with Gasteiger partial charge in [0.05, 0.1) is 12.8 Å². The van der Waals surface area contributed by atoms with Gasteiger partial charge in [-0.3, -0.25) is 4.79 Å². The van der Waals surface area contributed by atoms with Crippen LogP contribution in [0.5, 0.6) is 5.88 Å². The van der Waals surface area contributed by atoms with Crippen LogP contribution in [-0.2, 0) is 0 Å². The van der Waals surface area contributed by atoms with Crippen molar-refractivity contribution in [3.8, 4) is 5.88 Å². The van der Waals surface area contributed by atoms with E-state index in [0.29, 0.717) is 24.3 Å². The van der Waals surface area contributed by atoms with Gasteiger partial charge >= 0.3 is 0 Å². The first-order valence-corrected chi connectivity index (χ1v) is 9.33. The van der Waals surface area contributed by atoms with Crippen LogP contribution in [0.1, 0.15) is 46.9 Å². The van der Waals surface area contributed by atoms with Crippen molar-refractivity contribution in [1.29, 1.82) is 0 Å². The van der Waals surface area contributed by atoms with Crippen LogP contribution in [0.25, 0.3) is 5.78 Å². The van der Waals surface area contributed by atoms with Crippen molar-refractivity contribution in [2.24, 2.45) is 0 Å². The van der Waals surface area contributed by atoms with E-state index in [0.717, 1.165) is 12.8 Å². The highest BCUT2D eigenvalue weighted by Gasteiger charge is 2.29. The lowest BCUT2D eigenvalue weighted by Gasteiger charge is -2.33. The molecule has 0 radical (unpaired) electrons. The third-order valence-electron chi connectivity index (χ3n) is 4.88. The SMILES string of the molecule is COc1cc(C(=O)N2CCC[C@H](c3cc(C(F)F)nc4ncnn34)C2)cc(Cl)n1. The van der Waals surface area contributed by atoms with Crippen molar-refractivity contribution in [2.75, 3.05) is 20.2 Å². The Morgan fingerprint density at radius 1 is 1.31 bits per heavy atom. The third kappa shape index (κ3) is 3.84. The summed E-state index contributed by atoms with van der Waals surface area (Å²) in [6.45, 7) is 0.896. The first-order chi connectivity index (χ1) is 14.0. The second kappa shape index (κ2) is 7.86. The van der Waals surface area contributed by atoms with Gasteiger partial charge in [-0.05, 0) is 25.0 Å². The highest BCUT2D eigenvalue weighted by molar-refractivity contribution is 6.29. The highest BCUT2D eigenvalue weighted by atomic mass is 35.5. The van der Waals surface area contributed by atoms with Crippen LogP contribution in [0.3, 0.4) is 0 Å². The van der Waals surface area contributed by atoms with E-state index in [1.807, 2.05) is 0 Å². The van der Waals surface area contributed by atoms with Gasteiger partial charge in [0.1, 0.15) is 17.2 Å². The maximum Gasteiger partial charge on any atom is 0.280 e. The number of nitrogens with zero attached hydrogens (tertiary/aromatic N) is 6. The normalized spacial score (nSPS) is 17.1. The first kappa shape index (κ1) is 19.4. The fraction of sp³-hybridized carbons (Fsp3) is 0.389. The lowest BCUT2D eigenvalue weighted by Crippen LogP contribution is -2.39. The van der Waals surface area contributed by atoms with Crippen LogP contribution in [-0.4, -0.2) is 55.6 Å². The number of ether oxygens (including phenoxy) is 1. The Morgan fingerprint density at radius 2 is 2.14 bits per heavy atom. The fourth-order valence-corrected chi connectivity index (χ4v) is 3.74. The molecule has 3 aromatic heterocycles. The number of amides is 1. The Balaban J connectivity index is 1.64. The van der Waals surface area contributed by atoms with Crippen LogP contribution < -0.4 is 4.74 Å². The first-order valence-electron chi connectivity index (χ1n) is 8.96. The third-order valence-corrected chi connectivity index (χ3v) is 5.07. The summed E-state index contributed by atoms with van der Waals surface area (Å²) in [4.78, 5) is 26.4. The summed E-state index contributed by atoms with van der Waals surface area (Å²) in [6, 6.07) is 4.35. The van der Waals surface area contributed by atoms with Gasteiger partial charge in [-0.2, -0.15) is 10.1 Å². The van der Waals surface area contributed by atoms with E-state index in [2.05, 4.69) is 20.1 Å². The van der Waals surface area contributed by atoms with Gasteiger partial charge in [0.2, 0.25) is 5.88 Å². The van der Waals surface area contributed by atoms with Gasteiger partial charge < -0.3 is 9.64 Å². The number of hydrogen-bond donors (Lipinski definition) is 0. The van der Waals surface area contributed by atoms with E-state index in [-0.39, 0.29) is 34.3 Å². The number of likely N-dealkylation sites (tertiary alicyclic amines) is 1. The molecule has 0 unspecified atom stereocenters. The van der Waals surface area contributed by atoms with Crippen molar-refractivity contribution >= 4 is 23.3 Å². The Labute approximate surface area is 169 Å². The van der Waals surface area contributed by atoms with Gasteiger partial charge in [-0.25, -0.2) is 23.3 Å². The molecule has 8 nitrogen and oxygen atoms in total. The van der Waals surface area contributed by atoms with Gasteiger partial charge in [-0.15, -0.1) is 0 Å². The van der Waals surface area contributed by atoms with Crippen molar-refractivity contribution < 1.29 is 18.3 Å². The minimum Gasteiger partial charge on any atom is -0.481 e. The number of halogens is 3. The number of fused-ring (bicyclic) bond motifs is 1. The van der Waals surface area contributed by atoms with Gasteiger partial charge in [0.15, 0.2) is 0 Å². The highest BCUT2D eigenvalue weighted by Crippen LogP contribution is 2.30. The summed E-state index contributed by atoms with van der Waals surface area (Å²) in [6.07, 6.45) is 0.00179. The average molecular weight is 423 g/mol. The molecular weight excluding hydrogens is 406 g/mol. The minimum absolute atomic E-state index is 0.118. The molecule has 1 aliphatic heterocycles. The summed E-state index contributed by atoms with van der Waals surface area (Å²) in [5.74, 6) is -0.0479. The van der Waals surface area contributed by atoms with Crippen molar-refractivity contribution in [3.63, 3.8) is 0 Å². The molecule has 0 saturated carbocycles. The topological polar surface area (TPSA) is 85.5 Å². The molecule has 4 heterocycles. The average Bonchev–Trinajstić information content (AvgIpc) is 3.20. The van der Waals surface area contributed by atoms with E-state index in [9.17, 15) is 13.6 Å². The molecule has 1 amide bonds. The number of methoxy groups -OCH3 is 1. The monoisotopic (exact) mass is 422 g/mol. The van der Waals surface area contributed by atoms with Crippen molar-refractivity contribution in [1.82, 2.24) is 29.5 Å². The predicted molar refractivity (Wildman–Crippen MR) is 99.4 cm³/mol. The molecule has 152 valence electrons. The van der Waals surface area contributed by atoms with E-state index >= 15 is 0 Å². The molecule has 11 heteroatoms. The summed E-state index contributed by atoms with van der Waals surface area (Å²) in [7, 11) is 1.44. The number of rotatable bonds is 4. The predicted octanol–water partition coefficient (Wildman–Crippen LogP) is 3.14. The molecule has 1 aliphatic rings. The number of pyridine rings is 1. The Morgan fingerprint density at radius 3 is 2.90 bits per heavy atom. The maximum absolute atomic E-state index is 13.3. The number of carbonyl (C=O) groups is 1. The van der Waals surface area contributed by atoms with Crippen LogP contribution in [0, 0.1) is 0 Å². The zero-order valence-corrected chi connectivity index (χ0v) is 16.2. The molecular formula is C18H17ClF2N6O2. The van der Waals surface area contributed by atoms with Crippen LogP contribution >= 0.6 is 11.6 Å². The summed E-state index contributed by atoms with van der Waals surface area (Å²) >= 11 is 5.98. The minimum atomic E-state index is -2.72. The Hall–Kier alpha value is -2.88. The Bertz CT molecular complexity index is 1060. The molecule has 0 aliphatic carbocycles. The molecule has 0 aromatic carbocycles. The number of hydrogen-bond acceptors (Lipinski definition) is 6. The molecule has 0 N–H and O–H groups in total. The van der Waals surface area contributed by atoms with E-state index in [4.69, 9.17) is 16.3 Å². The molecule has 4 rings (SSSR count). The number of aromatic nitrogens is 5. The van der Waals surface area contributed by atoms with Gasteiger partial charge in [-0.1, -0.05) is 11.6 Å². The molecule has 1 fully saturated rings. The van der Waals surface area contributed by atoms with Crippen LogP contribution in [0.4, 0.5) is 8.78 Å². The molecule has 3 aromatic rings. The molecule has 0 spiro atoms. The molecule has 0 bridgehead atoms. The largest absolute Gasteiger partial charge is 0.481 e. The number of alkyl halides is 2. The smallest absolute Gasteiger partial charge is 0.280 e. The van der Waals surface area contributed by atoms with E-state index in [1.165, 1.54) is 36.2 Å². The van der Waals surface area contributed by atoms with Gasteiger partial charge in [0.25, 0.3) is 18.1 Å². The zero-order chi connectivity index (χ0) is 20.5. The van der Waals surface area contributed by atoms with Gasteiger partial charge in [0, 0.05) is 30.6 Å². The van der Waals surface area contributed by atoms with Crippen molar-refractivity contribution in [3.05, 3.63) is 46.6 Å². The quantitative estimate of drug-likeness (QED) is 0.600. The standard InChI is InChI=1S/C18H17ClF2N6O2/c1-29-15-6-11(5-14(19)25-15)17(28)26-4-2-3-10(8-26)13-7-12(16(20)21)24-18-22-9-23-27(13)18/h5-7,9-10,16H,2-4,8H2,1H3/t10-/m0/s1. The summed E-state index contributed by atoms with van der Waals surface area (Å²) < 4.78 is 33.1. The summed E-state index contributed by atoms with van der Waals surface area (Å²) in [5.41, 5.74) is 0.566. The maximum atomic E-state index is 13.3. The lowest BCUT2D eigenvalue weighted by atomic mass is 9.93. The fourth-order valence-electron chi connectivity index (χ4n) is 3.54.